The molecule has 0 atom stereocenters. The molecule has 0 saturated heterocycles. The molecule has 6 heteroatoms. The third-order valence-electron chi connectivity index (χ3n) is 2.19. The lowest BCUT2D eigenvalue weighted by atomic mass is 10.4. The molecular weight excluding hydrogens is 264 g/mol. The topological polar surface area (TPSA) is 54.0 Å². The highest BCUT2D eigenvalue weighted by atomic mass is 28.4. The van der Waals surface area contributed by atoms with Crippen LogP contribution in [-0.2, 0) is 22.8 Å². The summed E-state index contributed by atoms with van der Waals surface area (Å²) in [7, 11) is -2.92. The van der Waals surface area contributed by atoms with Crippen LogP contribution in [-0.4, -0.2) is 41.2 Å². The van der Waals surface area contributed by atoms with Crippen molar-refractivity contribution >= 4 is 14.8 Å². The van der Waals surface area contributed by atoms with Gasteiger partial charge in [0.05, 0.1) is 6.61 Å². The average Bonchev–Trinajstić information content (AvgIpc) is 2.36. The molecule has 0 bridgehead atoms. The molecule has 0 heterocycles. The van der Waals surface area contributed by atoms with Crippen molar-refractivity contribution in [1.29, 1.82) is 0 Å². The van der Waals surface area contributed by atoms with E-state index in [1.807, 2.05) is 27.7 Å². The van der Waals surface area contributed by atoms with E-state index >= 15 is 0 Å². The molecule has 0 aliphatic rings. The minimum Gasteiger partial charge on any atom is -0.462 e. The lowest BCUT2D eigenvalue weighted by Crippen LogP contribution is -2.45. The molecule has 0 radical (unpaired) electrons. The number of rotatable bonds is 10. The molecule has 0 amide bonds. The Labute approximate surface area is 117 Å². The van der Waals surface area contributed by atoms with Crippen LogP contribution in [0.4, 0.5) is 0 Å². The lowest BCUT2D eigenvalue weighted by Gasteiger charge is -2.25. The van der Waals surface area contributed by atoms with Crippen molar-refractivity contribution < 1.29 is 22.8 Å². The Morgan fingerprint density at radius 1 is 1.00 bits per heavy atom. The minimum absolute atomic E-state index is 0.349. The fraction of sp³-hybridized carbons (Fsp3) is 0.769. The summed E-state index contributed by atoms with van der Waals surface area (Å²) in [4.78, 5) is 11.8. The first-order chi connectivity index (χ1) is 9.05. The second-order valence-corrected chi connectivity index (χ2v) is 6.23. The Hall–Kier alpha value is -0.693. The molecule has 0 saturated carbocycles. The summed E-state index contributed by atoms with van der Waals surface area (Å²) in [5, 5.41) is 0. The van der Waals surface area contributed by atoms with E-state index in [1.54, 1.807) is 12.6 Å². The van der Waals surface area contributed by atoms with Gasteiger partial charge < -0.3 is 18.0 Å². The van der Waals surface area contributed by atoms with Crippen LogP contribution in [0.25, 0.3) is 0 Å². The molecule has 19 heavy (non-hydrogen) atoms. The van der Waals surface area contributed by atoms with Crippen molar-refractivity contribution in [3.63, 3.8) is 0 Å². The summed E-state index contributed by atoms with van der Waals surface area (Å²) < 4.78 is 22.0. The molecule has 0 N–H and O–H groups in total. The zero-order valence-corrected chi connectivity index (χ0v) is 13.7. The Morgan fingerprint density at radius 2 is 1.47 bits per heavy atom. The normalized spacial score (nSPS) is 12.6. The van der Waals surface area contributed by atoms with E-state index < -0.39 is 8.80 Å². The summed E-state index contributed by atoms with van der Waals surface area (Å²) >= 11 is 0. The first-order valence-corrected chi connectivity index (χ1v) is 8.63. The Bertz CT molecular complexity index is 274. The number of carbonyl (C=O) groups is 1. The summed E-state index contributed by atoms with van der Waals surface area (Å²) in [6.07, 6.45) is 0.796. The first-order valence-electron chi connectivity index (χ1n) is 6.83. The van der Waals surface area contributed by atoms with Crippen LogP contribution in [0.3, 0.4) is 0 Å². The molecule has 0 rings (SSSR count). The van der Waals surface area contributed by atoms with E-state index in [4.69, 9.17) is 18.0 Å². The van der Waals surface area contributed by atoms with Gasteiger partial charge in [-0.05, 0) is 39.8 Å². The van der Waals surface area contributed by atoms with Gasteiger partial charge >= 0.3 is 14.8 Å². The zero-order valence-electron chi connectivity index (χ0n) is 12.7. The molecule has 0 aromatic rings. The van der Waals surface area contributed by atoms with E-state index in [1.165, 1.54) is 0 Å². The minimum atomic E-state index is -2.92. The predicted molar refractivity (Wildman–Crippen MR) is 75.6 cm³/mol. The number of esters is 1. The van der Waals surface area contributed by atoms with Crippen LogP contribution in [0.5, 0.6) is 0 Å². The number of hydrogen-bond donors (Lipinski definition) is 0. The zero-order chi connectivity index (χ0) is 14.7. The average molecular weight is 290 g/mol. The number of hydrogen-bond acceptors (Lipinski definition) is 5. The van der Waals surface area contributed by atoms with Gasteiger partial charge in [-0.3, -0.25) is 0 Å². The molecule has 0 aliphatic heterocycles. The molecule has 0 spiro atoms. The highest BCUT2D eigenvalue weighted by Gasteiger charge is 2.39. The molecule has 5 nitrogen and oxygen atoms in total. The highest BCUT2D eigenvalue weighted by Crippen LogP contribution is 2.15. The maximum atomic E-state index is 11.8. The SMILES string of the molecule is CCCOC(=O)/C(C)=C/[Si](OCC)(OCC)OCC. The standard InChI is InChI=1S/C13H26O5Si/c1-6-10-15-13(14)12(5)11-19(16-7-2,17-8-3)18-9-4/h11H,6-10H2,1-5H3/b12-11+. The van der Waals surface area contributed by atoms with Crippen molar-refractivity contribution in [3.05, 3.63) is 11.3 Å². The third kappa shape index (κ3) is 6.86. The molecule has 0 aliphatic carbocycles. The first kappa shape index (κ1) is 18.3. The maximum Gasteiger partial charge on any atom is 0.530 e. The number of carbonyl (C=O) groups excluding carboxylic acids is 1. The summed E-state index contributed by atoms with van der Waals surface area (Å²) in [6, 6.07) is 0. The smallest absolute Gasteiger partial charge is 0.462 e. The van der Waals surface area contributed by atoms with Gasteiger partial charge in [0.2, 0.25) is 0 Å². The second kappa shape index (κ2) is 10.1. The van der Waals surface area contributed by atoms with Gasteiger partial charge in [-0.1, -0.05) is 6.92 Å². The van der Waals surface area contributed by atoms with E-state index in [9.17, 15) is 4.79 Å². The summed E-state index contributed by atoms with van der Waals surface area (Å²) in [5.74, 6) is -0.349. The van der Waals surface area contributed by atoms with Crippen LogP contribution >= 0.6 is 0 Å². The van der Waals surface area contributed by atoms with E-state index in [0.717, 1.165) is 6.42 Å². The van der Waals surface area contributed by atoms with Gasteiger partial charge in [-0.15, -0.1) is 0 Å². The molecule has 112 valence electrons. The van der Waals surface area contributed by atoms with E-state index in [-0.39, 0.29) is 5.97 Å². The maximum absolute atomic E-state index is 11.8. The fourth-order valence-electron chi connectivity index (χ4n) is 1.49. The van der Waals surface area contributed by atoms with Crippen molar-refractivity contribution in [2.75, 3.05) is 26.4 Å². The van der Waals surface area contributed by atoms with Gasteiger partial charge in [-0.25, -0.2) is 4.79 Å². The fourth-order valence-corrected chi connectivity index (χ4v) is 3.84. The summed E-state index contributed by atoms with van der Waals surface area (Å²) in [6.45, 7) is 11.1. The predicted octanol–water partition coefficient (Wildman–Crippen LogP) is 2.47. The Kier molecular flexibility index (Phi) is 9.77. The van der Waals surface area contributed by atoms with Gasteiger partial charge in [0.1, 0.15) is 0 Å². The van der Waals surface area contributed by atoms with Crippen molar-refractivity contribution in [1.82, 2.24) is 0 Å². The largest absolute Gasteiger partial charge is 0.530 e. The van der Waals surface area contributed by atoms with Crippen molar-refractivity contribution in [2.45, 2.75) is 41.0 Å². The second-order valence-electron chi connectivity index (χ2n) is 3.87. The van der Waals surface area contributed by atoms with Crippen LogP contribution in [0.2, 0.25) is 0 Å². The molecule has 0 fully saturated rings. The summed E-state index contributed by atoms with van der Waals surface area (Å²) in [5.41, 5.74) is 2.14. The third-order valence-corrected chi connectivity index (χ3v) is 5.05. The van der Waals surface area contributed by atoms with Crippen molar-refractivity contribution in [3.8, 4) is 0 Å². The molecular formula is C13H26O5Si. The monoisotopic (exact) mass is 290 g/mol. The van der Waals surface area contributed by atoms with Gasteiger partial charge in [-0.2, -0.15) is 0 Å². The highest BCUT2D eigenvalue weighted by molar-refractivity contribution is 6.66. The molecule has 0 unspecified atom stereocenters. The van der Waals surface area contributed by atoms with Gasteiger partial charge in [0.15, 0.2) is 0 Å². The van der Waals surface area contributed by atoms with Crippen LogP contribution in [0.15, 0.2) is 11.3 Å². The van der Waals surface area contributed by atoms with Crippen LogP contribution in [0.1, 0.15) is 41.0 Å². The van der Waals surface area contributed by atoms with Crippen molar-refractivity contribution in [2.24, 2.45) is 0 Å². The van der Waals surface area contributed by atoms with Crippen LogP contribution < -0.4 is 0 Å². The van der Waals surface area contributed by atoms with Gasteiger partial charge in [0, 0.05) is 25.4 Å². The molecule has 0 aromatic heterocycles. The van der Waals surface area contributed by atoms with Crippen LogP contribution in [0, 0.1) is 0 Å². The Morgan fingerprint density at radius 3 is 1.84 bits per heavy atom. The Balaban J connectivity index is 4.96. The quantitative estimate of drug-likeness (QED) is 0.351. The van der Waals surface area contributed by atoms with E-state index in [2.05, 4.69) is 0 Å². The van der Waals surface area contributed by atoms with Gasteiger partial charge in [0.25, 0.3) is 0 Å². The molecule has 0 aromatic carbocycles. The lowest BCUT2D eigenvalue weighted by molar-refractivity contribution is -0.139. The van der Waals surface area contributed by atoms with E-state index in [0.29, 0.717) is 32.0 Å². The number of ether oxygens (including phenoxy) is 1.